The average Bonchev–Trinajstić information content (AvgIpc) is 3.52. The number of amides is 2. The molecule has 7 nitrogen and oxygen atoms in total. The van der Waals surface area contributed by atoms with Crippen LogP contribution < -0.4 is 10.6 Å². The van der Waals surface area contributed by atoms with Crippen LogP contribution in [0.15, 0.2) is 54.7 Å². The fourth-order valence-corrected chi connectivity index (χ4v) is 6.55. The van der Waals surface area contributed by atoms with Crippen molar-refractivity contribution in [3.63, 3.8) is 0 Å². The molecule has 3 heterocycles. The minimum Gasteiger partial charge on any atom is -0.338 e. The van der Waals surface area contributed by atoms with Crippen LogP contribution in [0.2, 0.25) is 0 Å². The van der Waals surface area contributed by atoms with Crippen LogP contribution in [-0.2, 0) is 23.2 Å². The number of piperidine rings is 2. The SMILES string of the molecule is Cc1ccc(Cn2ncc(C(=O)N3CCC4(CCc5ccccc54)CC3)c2NC(=O)C2CCCNC2)cc1. The lowest BCUT2D eigenvalue weighted by molar-refractivity contribution is -0.120. The molecule has 2 N–H and O–H groups in total. The highest BCUT2D eigenvalue weighted by Crippen LogP contribution is 2.46. The highest BCUT2D eigenvalue weighted by molar-refractivity contribution is 6.03. The van der Waals surface area contributed by atoms with Gasteiger partial charge in [0.25, 0.3) is 5.91 Å². The highest BCUT2D eigenvalue weighted by atomic mass is 16.2. The van der Waals surface area contributed by atoms with Gasteiger partial charge in [0.05, 0.1) is 18.7 Å². The molecule has 7 heteroatoms. The third-order valence-corrected chi connectivity index (χ3v) is 8.90. The molecule has 0 saturated carbocycles. The lowest BCUT2D eigenvalue weighted by atomic mass is 9.74. The van der Waals surface area contributed by atoms with E-state index >= 15 is 0 Å². The van der Waals surface area contributed by atoms with E-state index in [2.05, 4.69) is 71.2 Å². The molecule has 1 aliphatic carbocycles. The first-order valence-electron chi connectivity index (χ1n) is 14.0. The maximum atomic E-state index is 13.8. The summed E-state index contributed by atoms with van der Waals surface area (Å²) < 4.78 is 1.77. The Morgan fingerprint density at radius 2 is 1.87 bits per heavy atom. The zero-order valence-electron chi connectivity index (χ0n) is 22.2. The van der Waals surface area contributed by atoms with Gasteiger partial charge in [-0.1, -0.05) is 54.1 Å². The van der Waals surface area contributed by atoms with E-state index in [-0.39, 0.29) is 23.1 Å². The number of nitrogens with one attached hydrogen (secondary N) is 2. The van der Waals surface area contributed by atoms with Gasteiger partial charge in [0.2, 0.25) is 5.91 Å². The first kappa shape index (κ1) is 24.9. The van der Waals surface area contributed by atoms with Crippen LogP contribution in [0.4, 0.5) is 5.82 Å². The summed E-state index contributed by atoms with van der Waals surface area (Å²) in [6.07, 6.45) is 7.71. The van der Waals surface area contributed by atoms with Crippen molar-refractivity contribution in [3.05, 3.63) is 82.5 Å². The van der Waals surface area contributed by atoms with Gasteiger partial charge in [0.1, 0.15) is 11.4 Å². The number of rotatable bonds is 5. The normalized spacial score (nSPS) is 20.3. The molecular weight excluding hydrogens is 474 g/mol. The third-order valence-electron chi connectivity index (χ3n) is 8.90. The van der Waals surface area contributed by atoms with Crippen LogP contribution in [0.25, 0.3) is 0 Å². The molecule has 2 fully saturated rings. The zero-order valence-corrected chi connectivity index (χ0v) is 22.2. The van der Waals surface area contributed by atoms with Crippen LogP contribution >= 0.6 is 0 Å². The average molecular weight is 512 g/mol. The molecule has 3 aromatic rings. The van der Waals surface area contributed by atoms with Crippen LogP contribution in [0.3, 0.4) is 0 Å². The summed E-state index contributed by atoms with van der Waals surface area (Å²) >= 11 is 0. The van der Waals surface area contributed by atoms with Crippen LogP contribution in [0.5, 0.6) is 0 Å². The van der Waals surface area contributed by atoms with Crippen LogP contribution in [0.1, 0.15) is 64.7 Å². The molecule has 0 radical (unpaired) electrons. The monoisotopic (exact) mass is 511 g/mol. The number of aromatic nitrogens is 2. The fraction of sp³-hybridized carbons (Fsp3) is 0.452. The number of likely N-dealkylation sites (tertiary alicyclic amines) is 1. The van der Waals surface area contributed by atoms with Crippen molar-refractivity contribution in [1.82, 2.24) is 20.0 Å². The smallest absolute Gasteiger partial charge is 0.259 e. The highest BCUT2D eigenvalue weighted by Gasteiger charge is 2.42. The van der Waals surface area contributed by atoms with Crippen LogP contribution in [-0.4, -0.2) is 52.7 Å². The molecule has 1 spiro atoms. The summed E-state index contributed by atoms with van der Waals surface area (Å²) in [5.74, 6) is 0.319. The van der Waals surface area contributed by atoms with E-state index < -0.39 is 0 Å². The van der Waals surface area contributed by atoms with E-state index in [1.807, 2.05) is 4.90 Å². The van der Waals surface area contributed by atoms with Crippen molar-refractivity contribution in [2.45, 2.75) is 57.4 Å². The van der Waals surface area contributed by atoms with Gasteiger partial charge in [-0.25, -0.2) is 4.68 Å². The van der Waals surface area contributed by atoms with E-state index in [0.29, 0.717) is 24.5 Å². The summed E-state index contributed by atoms with van der Waals surface area (Å²) in [6.45, 7) is 5.60. The first-order valence-corrected chi connectivity index (χ1v) is 14.0. The number of fused-ring (bicyclic) bond motifs is 2. The summed E-state index contributed by atoms with van der Waals surface area (Å²) in [7, 11) is 0. The van der Waals surface area contributed by atoms with Gasteiger partial charge in [-0.2, -0.15) is 5.10 Å². The van der Waals surface area contributed by atoms with Gasteiger partial charge >= 0.3 is 0 Å². The molecule has 2 amide bonds. The minimum absolute atomic E-state index is 0.0432. The fourth-order valence-electron chi connectivity index (χ4n) is 6.55. The Labute approximate surface area is 224 Å². The van der Waals surface area contributed by atoms with E-state index in [4.69, 9.17) is 0 Å². The van der Waals surface area contributed by atoms with Crippen molar-refractivity contribution < 1.29 is 9.59 Å². The second kappa shape index (κ2) is 10.4. The van der Waals surface area contributed by atoms with Crippen molar-refractivity contribution >= 4 is 17.6 Å². The molecule has 2 aliphatic heterocycles. The first-order chi connectivity index (χ1) is 18.5. The minimum atomic E-state index is -0.105. The molecule has 1 unspecified atom stereocenters. The summed E-state index contributed by atoms with van der Waals surface area (Å²) in [4.78, 5) is 29.0. The number of hydrogen-bond donors (Lipinski definition) is 2. The second-order valence-electron chi connectivity index (χ2n) is 11.3. The van der Waals surface area contributed by atoms with Crippen molar-refractivity contribution in [1.29, 1.82) is 0 Å². The Morgan fingerprint density at radius 1 is 1.08 bits per heavy atom. The third kappa shape index (κ3) is 4.75. The molecule has 6 rings (SSSR count). The van der Waals surface area contributed by atoms with E-state index in [1.165, 1.54) is 23.1 Å². The molecule has 38 heavy (non-hydrogen) atoms. The molecular formula is C31H37N5O2. The number of carbonyl (C=O) groups is 2. The number of carbonyl (C=O) groups excluding carboxylic acids is 2. The number of aryl methyl sites for hydroxylation is 2. The van der Waals surface area contributed by atoms with Crippen molar-refractivity contribution in [2.75, 3.05) is 31.5 Å². The van der Waals surface area contributed by atoms with Gasteiger partial charge in [-0.3, -0.25) is 9.59 Å². The van der Waals surface area contributed by atoms with Gasteiger partial charge < -0.3 is 15.5 Å². The number of nitrogens with zero attached hydrogens (tertiary/aromatic N) is 3. The molecule has 2 aromatic carbocycles. The predicted octanol–water partition coefficient (Wildman–Crippen LogP) is 4.30. The predicted molar refractivity (Wildman–Crippen MR) is 148 cm³/mol. The van der Waals surface area contributed by atoms with Gasteiger partial charge in [0.15, 0.2) is 0 Å². The van der Waals surface area contributed by atoms with Crippen molar-refractivity contribution in [3.8, 4) is 0 Å². The van der Waals surface area contributed by atoms with Crippen molar-refractivity contribution in [2.24, 2.45) is 5.92 Å². The zero-order chi connectivity index (χ0) is 26.1. The molecule has 1 aromatic heterocycles. The van der Waals surface area contributed by atoms with Gasteiger partial charge in [0, 0.05) is 19.6 Å². The van der Waals surface area contributed by atoms with Gasteiger partial charge in [-0.15, -0.1) is 0 Å². The van der Waals surface area contributed by atoms with Crippen LogP contribution in [0, 0.1) is 12.8 Å². The van der Waals surface area contributed by atoms with Gasteiger partial charge in [-0.05, 0) is 74.1 Å². The quantitative estimate of drug-likeness (QED) is 0.536. The summed E-state index contributed by atoms with van der Waals surface area (Å²) in [6, 6.07) is 17.1. The Hall–Kier alpha value is -3.45. The van der Waals surface area contributed by atoms with E-state index in [9.17, 15) is 9.59 Å². The van der Waals surface area contributed by atoms with E-state index in [0.717, 1.165) is 57.3 Å². The Morgan fingerprint density at radius 3 is 2.63 bits per heavy atom. The number of anilines is 1. The molecule has 0 bridgehead atoms. The topological polar surface area (TPSA) is 79.3 Å². The Bertz CT molecular complexity index is 1310. The maximum absolute atomic E-state index is 13.8. The summed E-state index contributed by atoms with van der Waals surface area (Å²) in [5, 5.41) is 11.0. The lowest BCUT2D eigenvalue weighted by Gasteiger charge is -2.40. The Kier molecular flexibility index (Phi) is 6.78. The van der Waals surface area contributed by atoms with E-state index in [1.54, 1.807) is 10.9 Å². The summed E-state index contributed by atoms with van der Waals surface area (Å²) in [5.41, 5.74) is 5.88. The lowest BCUT2D eigenvalue weighted by Crippen LogP contribution is -2.44. The molecule has 1 atom stereocenters. The molecule has 2 saturated heterocycles. The second-order valence-corrected chi connectivity index (χ2v) is 11.3. The number of hydrogen-bond acceptors (Lipinski definition) is 4. The standard InChI is InChI=1S/C31H37N5O2/c1-22-8-10-23(11-9-22)21-36-28(34-29(37)25-6-4-16-32-19-25)26(20-33-36)30(38)35-17-14-31(15-18-35)13-12-24-5-2-3-7-27(24)31/h2-3,5,7-11,20,25,32H,4,6,12-19,21H2,1H3,(H,34,37). The molecule has 198 valence electrons. The maximum Gasteiger partial charge on any atom is 0.259 e. The molecule has 3 aliphatic rings. The number of benzene rings is 2. The largest absolute Gasteiger partial charge is 0.338 e. The Balaban J connectivity index is 1.23.